The highest BCUT2D eigenvalue weighted by molar-refractivity contribution is 5.78. The Labute approximate surface area is 85.8 Å². The van der Waals surface area contributed by atoms with Gasteiger partial charge in [0.05, 0.1) is 13.5 Å². The molecule has 5 nitrogen and oxygen atoms in total. The third-order valence-corrected chi connectivity index (χ3v) is 2.04. The average Bonchev–Trinajstić information content (AvgIpc) is 2.57. The Morgan fingerprint density at radius 1 is 1.60 bits per heavy atom. The SMILES string of the molecule is COC(=O)Cc1ccc2oc(N)nc2c1. The lowest BCUT2D eigenvalue weighted by Gasteiger charge is -1.98. The largest absolute Gasteiger partial charge is 0.469 e. The van der Waals surface area contributed by atoms with Crippen molar-refractivity contribution in [3.05, 3.63) is 23.8 Å². The number of carbonyl (C=O) groups is 1. The molecule has 0 aliphatic carbocycles. The molecule has 0 atom stereocenters. The van der Waals surface area contributed by atoms with Crippen LogP contribution in [0.4, 0.5) is 6.01 Å². The molecular weight excluding hydrogens is 196 g/mol. The lowest BCUT2D eigenvalue weighted by atomic mass is 10.1. The Hall–Kier alpha value is -2.04. The third-order valence-electron chi connectivity index (χ3n) is 2.04. The monoisotopic (exact) mass is 206 g/mol. The second-order valence-electron chi connectivity index (χ2n) is 3.11. The molecule has 0 spiro atoms. The van der Waals surface area contributed by atoms with Gasteiger partial charge in [0.15, 0.2) is 5.58 Å². The minimum atomic E-state index is -0.286. The van der Waals surface area contributed by atoms with Crippen molar-refractivity contribution in [3.63, 3.8) is 0 Å². The molecule has 0 radical (unpaired) electrons. The Bertz CT molecular complexity index is 504. The average molecular weight is 206 g/mol. The number of aromatic nitrogens is 1. The molecule has 1 aromatic heterocycles. The molecule has 1 heterocycles. The van der Waals surface area contributed by atoms with Crippen molar-refractivity contribution in [1.29, 1.82) is 0 Å². The highest BCUT2D eigenvalue weighted by Crippen LogP contribution is 2.18. The molecule has 0 aliphatic rings. The van der Waals surface area contributed by atoms with Crippen LogP contribution in [-0.4, -0.2) is 18.1 Å². The second kappa shape index (κ2) is 3.61. The predicted molar refractivity (Wildman–Crippen MR) is 54.1 cm³/mol. The first kappa shape index (κ1) is 9.51. The van der Waals surface area contributed by atoms with Gasteiger partial charge in [-0.05, 0) is 17.7 Å². The summed E-state index contributed by atoms with van der Waals surface area (Å²) < 4.78 is 9.67. The molecule has 0 amide bonds. The van der Waals surface area contributed by atoms with Crippen LogP contribution < -0.4 is 5.73 Å². The first-order chi connectivity index (χ1) is 7.19. The number of oxazole rings is 1. The number of hydrogen-bond donors (Lipinski definition) is 1. The van der Waals surface area contributed by atoms with Gasteiger partial charge in [0.1, 0.15) is 5.52 Å². The molecule has 2 rings (SSSR count). The highest BCUT2D eigenvalue weighted by Gasteiger charge is 2.06. The lowest BCUT2D eigenvalue weighted by Crippen LogP contribution is -2.04. The number of fused-ring (bicyclic) bond motifs is 1. The fourth-order valence-electron chi connectivity index (χ4n) is 1.34. The highest BCUT2D eigenvalue weighted by atomic mass is 16.5. The molecule has 2 aromatic rings. The van der Waals surface area contributed by atoms with E-state index in [1.54, 1.807) is 18.2 Å². The minimum absolute atomic E-state index is 0.125. The summed E-state index contributed by atoms with van der Waals surface area (Å²) in [7, 11) is 1.36. The van der Waals surface area contributed by atoms with E-state index in [1.807, 2.05) is 0 Å². The van der Waals surface area contributed by atoms with Gasteiger partial charge in [-0.15, -0.1) is 0 Å². The normalized spacial score (nSPS) is 10.5. The van der Waals surface area contributed by atoms with Crippen LogP contribution >= 0.6 is 0 Å². The molecule has 0 aliphatic heterocycles. The zero-order valence-electron chi connectivity index (χ0n) is 8.19. The van der Waals surface area contributed by atoms with Crippen molar-refractivity contribution >= 4 is 23.1 Å². The van der Waals surface area contributed by atoms with Crippen molar-refractivity contribution in [1.82, 2.24) is 4.98 Å². The Morgan fingerprint density at radius 2 is 2.40 bits per heavy atom. The van der Waals surface area contributed by atoms with Crippen LogP contribution in [0.2, 0.25) is 0 Å². The van der Waals surface area contributed by atoms with Crippen molar-refractivity contribution in [2.45, 2.75) is 6.42 Å². The smallest absolute Gasteiger partial charge is 0.309 e. The van der Waals surface area contributed by atoms with E-state index in [0.29, 0.717) is 11.1 Å². The standard InChI is InChI=1S/C10H10N2O3/c1-14-9(13)5-6-2-3-8-7(4-6)12-10(11)15-8/h2-4H,5H2,1H3,(H2,11,12). The van der Waals surface area contributed by atoms with Crippen LogP contribution in [0, 0.1) is 0 Å². The van der Waals surface area contributed by atoms with Gasteiger partial charge in [-0.3, -0.25) is 4.79 Å². The van der Waals surface area contributed by atoms with Crippen LogP contribution in [0.15, 0.2) is 22.6 Å². The lowest BCUT2D eigenvalue weighted by molar-refractivity contribution is -0.139. The van der Waals surface area contributed by atoms with Gasteiger partial charge < -0.3 is 14.9 Å². The van der Waals surface area contributed by atoms with E-state index in [-0.39, 0.29) is 18.4 Å². The number of ether oxygens (including phenoxy) is 1. The summed E-state index contributed by atoms with van der Waals surface area (Å²) in [5.74, 6) is -0.286. The van der Waals surface area contributed by atoms with Crippen molar-refractivity contribution in [2.24, 2.45) is 0 Å². The fraction of sp³-hybridized carbons (Fsp3) is 0.200. The van der Waals surface area contributed by atoms with Crippen LogP contribution in [0.25, 0.3) is 11.1 Å². The number of nitrogens with two attached hydrogens (primary N) is 1. The Balaban J connectivity index is 2.33. The van der Waals surface area contributed by atoms with E-state index in [2.05, 4.69) is 9.72 Å². The van der Waals surface area contributed by atoms with Crippen LogP contribution in [0.5, 0.6) is 0 Å². The molecule has 15 heavy (non-hydrogen) atoms. The summed E-state index contributed by atoms with van der Waals surface area (Å²) in [4.78, 5) is 15.0. The molecule has 0 fully saturated rings. The molecule has 0 saturated heterocycles. The third kappa shape index (κ3) is 1.90. The zero-order chi connectivity index (χ0) is 10.8. The molecule has 78 valence electrons. The van der Waals surface area contributed by atoms with E-state index in [4.69, 9.17) is 10.2 Å². The first-order valence-corrected chi connectivity index (χ1v) is 4.41. The van der Waals surface area contributed by atoms with Gasteiger partial charge in [-0.25, -0.2) is 0 Å². The summed E-state index contributed by atoms with van der Waals surface area (Å²) in [5, 5.41) is 0. The van der Waals surface area contributed by atoms with E-state index in [0.717, 1.165) is 5.56 Å². The minimum Gasteiger partial charge on any atom is -0.469 e. The topological polar surface area (TPSA) is 78.3 Å². The van der Waals surface area contributed by atoms with Gasteiger partial charge in [0, 0.05) is 0 Å². The quantitative estimate of drug-likeness (QED) is 0.745. The summed E-state index contributed by atoms with van der Waals surface area (Å²) in [6.45, 7) is 0. The molecule has 1 aromatic carbocycles. The van der Waals surface area contributed by atoms with E-state index < -0.39 is 0 Å². The summed E-state index contributed by atoms with van der Waals surface area (Å²) in [6, 6.07) is 5.40. The van der Waals surface area contributed by atoms with Gasteiger partial charge in [-0.2, -0.15) is 4.98 Å². The number of benzene rings is 1. The number of nitrogen functional groups attached to an aromatic ring is 1. The van der Waals surface area contributed by atoms with Gasteiger partial charge in [0.2, 0.25) is 0 Å². The number of hydrogen-bond acceptors (Lipinski definition) is 5. The summed E-state index contributed by atoms with van der Waals surface area (Å²) >= 11 is 0. The maximum atomic E-state index is 11.0. The van der Waals surface area contributed by atoms with Crippen LogP contribution in [-0.2, 0) is 16.0 Å². The Kier molecular flexibility index (Phi) is 2.29. The number of esters is 1. The van der Waals surface area contributed by atoms with Crippen molar-refractivity contribution < 1.29 is 13.9 Å². The first-order valence-electron chi connectivity index (χ1n) is 4.41. The van der Waals surface area contributed by atoms with E-state index in [1.165, 1.54) is 7.11 Å². The van der Waals surface area contributed by atoms with Gasteiger partial charge in [0.25, 0.3) is 6.01 Å². The predicted octanol–water partition coefficient (Wildman–Crippen LogP) is 1.13. The van der Waals surface area contributed by atoms with E-state index >= 15 is 0 Å². The van der Waals surface area contributed by atoms with Crippen molar-refractivity contribution in [3.8, 4) is 0 Å². The van der Waals surface area contributed by atoms with Gasteiger partial charge >= 0.3 is 5.97 Å². The van der Waals surface area contributed by atoms with Crippen molar-refractivity contribution in [2.75, 3.05) is 12.8 Å². The maximum absolute atomic E-state index is 11.0. The Morgan fingerprint density at radius 3 is 3.13 bits per heavy atom. The molecule has 0 bridgehead atoms. The van der Waals surface area contributed by atoms with Gasteiger partial charge in [-0.1, -0.05) is 6.07 Å². The number of anilines is 1. The molecule has 5 heteroatoms. The fourth-order valence-corrected chi connectivity index (χ4v) is 1.34. The van der Waals surface area contributed by atoms with E-state index in [9.17, 15) is 4.79 Å². The summed E-state index contributed by atoms with van der Waals surface area (Å²) in [5.41, 5.74) is 7.48. The molecular formula is C10H10N2O3. The molecule has 2 N–H and O–H groups in total. The second-order valence-corrected chi connectivity index (χ2v) is 3.11. The zero-order valence-corrected chi connectivity index (χ0v) is 8.19. The number of nitrogens with zero attached hydrogens (tertiary/aromatic N) is 1. The maximum Gasteiger partial charge on any atom is 0.309 e. The van der Waals surface area contributed by atoms with Crippen LogP contribution in [0.3, 0.4) is 0 Å². The molecule has 0 unspecified atom stereocenters. The molecule has 0 saturated carbocycles. The van der Waals surface area contributed by atoms with Crippen LogP contribution in [0.1, 0.15) is 5.56 Å². The number of carbonyl (C=O) groups excluding carboxylic acids is 1. The number of rotatable bonds is 2. The summed E-state index contributed by atoms with van der Waals surface area (Å²) in [6.07, 6.45) is 0.221. The number of methoxy groups -OCH3 is 1.